The molecule has 4 rings (SSSR count). The topological polar surface area (TPSA) is 29.9 Å². The molecule has 1 aliphatic heterocycles. The zero-order chi connectivity index (χ0) is 18.1. The molecular formula is C22H24FN3. The van der Waals surface area contributed by atoms with Gasteiger partial charge < -0.3 is 5.32 Å². The third-order valence-corrected chi connectivity index (χ3v) is 5.23. The van der Waals surface area contributed by atoms with Crippen LogP contribution in [0.2, 0.25) is 0 Å². The Morgan fingerprint density at radius 3 is 2.62 bits per heavy atom. The largest absolute Gasteiger partial charge is 0.370 e. The minimum Gasteiger partial charge on any atom is -0.370 e. The molecule has 0 radical (unpaired) electrons. The molecule has 0 amide bonds. The molecule has 0 bridgehead atoms. The number of fused-ring (bicyclic) bond motifs is 1. The molecule has 134 valence electrons. The summed E-state index contributed by atoms with van der Waals surface area (Å²) in [7, 11) is 0. The van der Waals surface area contributed by atoms with Gasteiger partial charge in [-0.3, -0.25) is 0 Å². The maximum absolute atomic E-state index is 13.2. The van der Waals surface area contributed by atoms with E-state index in [1.54, 1.807) is 0 Å². The van der Waals surface area contributed by atoms with Gasteiger partial charge in [0, 0.05) is 18.5 Å². The van der Waals surface area contributed by atoms with Gasteiger partial charge in [-0.25, -0.2) is 9.07 Å². The van der Waals surface area contributed by atoms with Crippen LogP contribution in [-0.2, 0) is 12.8 Å². The lowest BCUT2D eigenvalue weighted by molar-refractivity contribution is 0.627. The van der Waals surface area contributed by atoms with Gasteiger partial charge in [0.05, 0.1) is 11.4 Å². The lowest BCUT2D eigenvalue weighted by atomic mass is 10.0. The number of nitrogens with zero attached hydrogens (tertiary/aromatic N) is 2. The van der Waals surface area contributed by atoms with Crippen LogP contribution in [0, 0.1) is 19.7 Å². The number of nitrogens with one attached hydrogen (secondary N) is 1. The molecule has 2 aromatic carbocycles. The van der Waals surface area contributed by atoms with Crippen LogP contribution in [0.4, 0.5) is 10.2 Å². The summed E-state index contributed by atoms with van der Waals surface area (Å²) < 4.78 is 15.3. The number of aryl methyl sites for hydroxylation is 2. The summed E-state index contributed by atoms with van der Waals surface area (Å²) >= 11 is 0. The third-order valence-electron chi connectivity index (χ3n) is 5.23. The molecule has 1 aromatic heterocycles. The van der Waals surface area contributed by atoms with Crippen molar-refractivity contribution in [2.24, 2.45) is 0 Å². The predicted molar refractivity (Wildman–Crippen MR) is 104 cm³/mol. The molecule has 3 aromatic rings. The number of hydrogen-bond acceptors (Lipinski definition) is 2. The third kappa shape index (κ3) is 3.24. The molecule has 1 N–H and O–H groups in total. The Balaban J connectivity index is 1.78. The minimum absolute atomic E-state index is 0.199. The van der Waals surface area contributed by atoms with Gasteiger partial charge >= 0.3 is 0 Å². The second-order valence-electron chi connectivity index (χ2n) is 7.14. The highest BCUT2D eigenvalue weighted by Gasteiger charge is 2.21. The molecule has 2 heterocycles. The van der Waals surface area contributed by atoms with Crippen LogP contribution >= 0.6 is 0 Å². The molecule has 3 nitrogen and oxygen atoms in total. The Morgan fingerprint density at radius 2 is 1.85 bits per heavy atom. The van der Waals surface area contributed by atoms with E-state index in [2.05, 4.69) is 37.4 Å². The molecule has 0 atom stereocenters. The maximum atomic E-state index is 13.2. The predicted octanol–water partition coefficient (Wildman–Crippen LogP) is 4.97. The second-order valence-corrected chi connectivity index (χ2v) is 7.14. The Kier molecular flexibility index (Phi) is 4.49. The van der Waals surface area contributed by atoms with E-state index in [-0.39, 0.29) is 5.82 Å². The molecule has 0 unspecified atom stereocenters. The van der Waals surface area contributed by atoms with Crippen LogP contribution in [0.5, 0.6) is 0 Å². The summed E-state index contributed by atoms with van der Waals surface area (Å²) in [6, 6.07) is 13.2. The first-order valence-electron chi connectivity index (χ1n) is 9.28. The van der Waals surface area contributed by atoms with E-state index in [0.717, 1.165) is 55.0 Å². The smallest absolute Gasteiger partial charge is 0.133 e. The number of aromatic nitrogens is 2. The molecule has 0 fully saturated rings. The Morgan fingerprint density at radius 1 is 1.04 bits per heavy atom. The van der Waals surface area contributed by atoms with E-state index < -0.39 is 0 Å². The standard InChI is InChI=1S/C22H24FN3/c1-15-6-11-19(13-16(15)2)26-22-20(5-3-4-12-24-22)21(25-26)14-17-7-9-18(23)10-8-17/h6-11,13,24H,3-5,12,14H2,1-2H3. The summed E-state index contributed by atoms with van der Waals surface area (Å²) in [5.74, 6) is 0.915. The zero-order valence-electron chi connectivity index (χ0n) is 15.3. The van der Waals surface area contributed by atoms with Crippen LogP contribution in [0.3, 0.4) is 0 Å². The van der Waals surface area contributed by atoms with E-state index in [1.165, 1.54) is 28.8 Å². The van der Waals surface area contributed by atoms with Crippen LogP contribution < -0.4 is 5.32 Å². The molecular weight excluding hydrogens is 325 g/mol. The molecule has 0 saturated heterocycles. The summed E-state index contributed by atoms with van der Waals surface area (Å²) in [6.07, 6.45) is 4.08. The molecule has 0 aliphatic carbocycles. The summed E-state index contributed by atoms with van der Waals surface area (Å²) in [6.45, 7) is 5.23. The summed E-state index contributed by atoms with van der Waals surface area (Å²) in [5.41, 5.74) is 7.10. The monoisotopic (exact) mass is 349 g/mol. The van der Waals surface area contributed by atoms with Gasteiger partial charge in [0.25, 0.3) is 0 Å². The first-order valence-corrected chi connectivity index (χ1v) is 9.28. The molecule has 1 aliphatic rings. The minimum atomic E-state index is -0.199. The molecule has 0 spiro atoms. The van der Waals surface area contributed by atoms with Crippen molar-refractivity contribution in [3.8, 4) is 5.69 Å². The van der Waals surface area contributed by atoms with Crippen molar-refractivity contribution in [3.05, 3.63) is 76.2 Å². The van der Waals surface area contributed by atoms with E-state index in [1.807, 2.05) is 16.8 Å². The van der Waals surface area contributed by atoms with Crippen LogP contribution in [-0.4, -0.2) is 16.3 Å². The lowest BCUT2D eigenvalue weighted by Gasteiger charge is -2.11. The van der Waals surface area contributed by atoms with E-state index >= 15 is 0 Å². The number of benzene rings is 2. The van der Waals surface area contributed by atoms with Crippen LogP contribution in [0.1, 0.15) is 40.8 Å². The van der Waals surface area contributed by atoms with Crippen molar-refractivity contribution in [2.75, 3.05) is 11.9 Å². The highest BCUT2D eigenvalue weighted by Crippen LogP contribution is 2.30. The number of anilines is 1. The first kappa shape index (κ1) is 16.8. The fraction of sp³-hybridized carbons (Fsp3) is 0.318. The molecule has 0 saturated carbocycles. The van der Waals surface area contributed by atoms with Crippen molar-refractivity contribution in [1.29, 1.82) is 0 Å². The Hall–Kier alpha value is -2.62. The van der Waals surface area contributed by atoms with Gasteiger partial charge in [-0.15, -0.1) is 0 Å². The van der Waals surface area contributed by atoms with Crippen molar-refractivity contribution in [3.63, 3.8) is 0 Å². The van der Waals surface area contributed by atoms with Crippen molar-refractivity contribution in [2.45, 2.75) is 39.5 Å². The molecule has 4 heteroatoms. The van der Waals surface area contributed by atoms with Gasteiger partial charge in [-0.05, 0) is 74.1 Å². The van der Waals surface area contributed by atoms with E-state index in [4.69, 9.17) is 5.10 Å². The zero-order valence-corrected chi connectivity index (χ0v) is 15.3. The quantitative estimate of drug-likeness (QED) is 0.724. The van der Waals surface area contributed by atoms with Gasteiger partial charge in [-0.2, -0.15) is 5.10 Å². The van der Waals surface area contributed by atoms with Gasteiger partial charge in [0.1, 0.15) is 11.6 Å². The normalized spacial score (nSPS) is 13.8. The maximum Gasteiger partial charge on any atom is 0.133 e. The van der Waals surface area contributed by atoms with Crippen LogP contribution in [0.25, 0.3) is 5.69 Å². The Labute approximate surface area is 153 Å². The average molecular weight is 349 g/mol. The lowest BCUT2D eigenvalue weighted by Crippen LogP contribution is -2.07. The van der Waals surface area contributed by atoms with Gasteiger partial charge in [0.15, 0.2) is 0 Å². The van der Waals surface area contributed by atoms with Crippen molar-refractivity contribution < 1.29 is 4.39 Å². The van der Waals surface area contributed by atoms with Gasteiger partial charge in [0.2, 0.25) is 0 Å². The van der Waals surface area contributed by atoms with Gasteiger partial charge in [-0.1, -0.05) is 18.2 Å². The average Bonchev–Trinajstić information content (AvgIpc) is 2.81. The summed E-state index contributed by atoms with van der Waals surface area (Å²) in [5, 5.41) is 8.53. The van der Waals surface area contributed by atoms with E-state index in [9.17, 15) is 4.39 Å². The highest BCUT2D eigenvalue weighted by atomic mass is 19.1. The SMILES string of the molecule is Cc1ccc(-n2nc(Cc3ccc(F)cc3)c3c2NCCCC3)cc1C. The van der Waals surface area contributed by atoms with Crippen LogP contribution in [0.15, 0.2) is 42.5 Å². The van der Waals surface area contributed by atoms with Crippen molar-refractivity contribution in [1.82, 2.24) is 9.78 Å². The number of hydrogen-bond donors (Lipinski definition) is 1. The second kappa shape index (κ2) is 6.94. The van der Waals surface area contributed by atoms with E-state index in [0.29, 0.717) is 0 Å². The first-order chi connectivity index (χ1) is 12.6. The fourth-order valence-corrected chi connectivity index (χ4v) is 3.56. The Bertz CT molecular complexity index is 925. The number of halogens is 1. The van der Waals surface area contributed by atoms with Crippen molar-refractivity contribution >= 4 is 5.82 Å². The summed E-state index contributed by atoms with van der Waals surface area (Å²) in [4.78, 5) is 0. The fourth-order valence-electron chi connectivity index (χ4n) is 3.56. The molecule has 26 heavy (non-hydrogen) atoms. The highest BCUT2D eigenvalue weighted by molar-refractivity contribution is 5.56. The number of rotatable bonds is 3.